The standard InChI is InChI=1S/C46H82Br2O2/c1-5-7-9-11-13-14-15-16-17-18-19-20-21-22-24-26-28-43(49)50-38-31-34-45(4)41-32-33-44(3)37(27-25-23-12-10-8-6-2)29-30-40(44)39(41)35-42(47)46(45,48)36-38/h37-42H,5-36H2,1-4H3/t37-,38+,39+,40-,41-,42-,44-,45-,46-/m1/s1. The third-order valence-corrected chi connectivity index (χ3v) is 18.9. The molecular formula is C46H82Br2O2. The van der Waals surface area contributed by atoms with Crippen molar-refractivity contribution in [2.75, 3.05) is 0 Å². The fourth-order valence-corrected chi connectivity index (χ4v) is 14.2. The van der Waals surface area contributed by atoms with Crippen LogP contribution in [0.15, 0.2) is 0 Å². The molecule has 4 heteroatoms. The minimum Gasteiger partial charge on any atom is -0.462 e. The number of alkyl halides is 2. The molecule has 4 aliphatic rings. The van der Waals surface area contributed by atoms with Gasteiger partial charge >= 0.3 is 5.97 Å². The predicted octanol–water partition coefficient (Wildman–Crippen LogP) is 15.9. The lowest BCUT2D eigenvalue weighted by atomic mass is 9.44. The van der Waals surface area contributed by atoms with Crippen molar-refractivity contribution in [2.24, 2.45) is 34.5 Å². The van der Waals surface area contributed by atoms with Crippen LogP contribution in [0.2, 0.25) is 0 Å². The minimum atomic E-state index is 0.0167. The van der Waals surface area contributed by atoms with Crippen molar-refractivity contribution in [2.45, 2.75) is 248 Å². The zero-order valence-corrected chi connectivity index (χ0v) is 36.8. The first-order valence-corrected chi connectivity index (χ1v) is 24.4. The normalized spacial score (nSPS) is 35.0. The molecule has 0 aromatic heterocycles. The monoisotopic (exact) mass is 824 g/mol. The van der Waals surface area contributed by atoms with Crippen molar-refractivity contribution in [3.8, 4) is 0 Å². The number of hydrogen-bond acceptors (Lipinski definition) is 2. The van der Waals surface area contributed by atoms with Crippen molar-refractivity contribution in [3.05, 3.63) is 0 Å². The third-order valence-electron chi connectivity index (χ3n) is 15.3. The first-order chi connectivity index (χ1) is 24.2. The van der Waals surface area contributed by atoms with Gasteiger partial charge in [-0.1, -0.05) is 194 Å². The molecule has 4 rings (SSSR count). The second kappa shape index (κ2) is 22.1. The van der Waals surface area contributed by atoms with E-state index in [-0.39, 0.29) is 21.8 Å². The van der Waals surface area contributed by atoms with E-state index in [2.05, 4.69) is 59.6 Å². The molecule has 4 aliphatic carbocycles. The second-order valence-corrected chi connectivity index (χ2v) is 21.2. The molecule has 50 heavy (non-hydrogen) atoms. The van der Waals surface area contributed by atoms with E-state index in [0.29, 0.717) is 16.7 Å². The number of hydrogen-bond donors (Lipinski definition) is 0. The summed E-state index contributed by atoms with van der Waals surface area (Å²) in [4.78, 5) is 13.4. The molecule has 0 bridgehead atoms. The van der Waals surface area contributed by atoms with Crippen LogP contribution in [0.4, 0.5) is 0 Å². The van der Waals surface area contributed by atoms with Crippen LogP contribution in [0.3, 0.4) is 0 Å². The maximum atomic E-state index is 13.0. The summed E-state index contributed by atoms with van der Waals surface area (Å²) in [7, 11) is 0. The number of rotatable bonds is 25. The van der Waals surface area contributed by atoms with Crippen molar-refractivity contribution in [3.63, 3.8) is 0 Å². The molecule has 4 fully saturated rings. The average Bonchev–Trinajstić information content (AvgIpc) is 3.43. The molecular weight excluding hydrogens is 744 g/mol. The van der Waals surface area contributed by atoms with Gasteiger partial charge in [0, 0.05) is 22.0 Å². The zero-order valence-electron chi connectivity index (χ0n) is 33.7. The molecule has 0 aromatic carbocycles. The third kappa shape index (κ3) is 11.5. The van der Waals surface area contributed by atoms with Crippen LogP contribution in [0.25, 0.3) is 0 Å². The van der Waals surface area contributed by atoms with Crippen LogP contribution in [-0.2, 0) is 9.53 Å². The van der Waals surface area contributed by atoms with Gasteiger partial charge in [-0.15, -0.1) is 0 Å². The van der Waals surface area contributed by atoms with Crippen LogP contribution in [0.5, 0.6) is 0 Å². The maximum Gasteiger partial charge on any atom is 0.306 e. The number of unbranched alkanes of at least 4 members (excludes halogenated alkanes) is 20. The summed E-state index contributed by atoms with van der Waals surface area (Å²) < 4.78 is 6.25. The number of carbonyl (C=O) groups is 1. The van der Waals surface area contributed by atoms with Crippen molar-refractivity contribution < 1.29 is 9.53 Å². The molecule has 9 atom stereocenters. The molecule has 0 aromatic rings. The second-order valence-electron chi connectivity index (χ2n) is 18.6. The highest BCUT2D eigenvalue weighted by Crippen LogP contribution is 2.71. The van der Waals surface area contributed by atoms with Gasteiger partial charge < -0.3 is 4.74 Å². The summed E-state index contributed by atoms with van der Waals surface area (Å²) in [5, 5.41) is 0. The highest BCUT2D eigenvalue weighted by Gasteiger charge is 2.66. The lowest BCUT2D eigenvalue weighted by Gasteiger charge is -2.65. The number of halogens is 2. The Bertz CT molecular complexity index is 954. The van der Waals surface area contributed by atoms with Gasteiger partial charge in [0.2, 0.25) is 0 Å². The first-order valence-electron chi connectivity index (χ1n) is 22.7. The van der Waals surface area contributed by atoms with Gasteiger partial charge in [-0.25, -0.2) is 0 Å². The molecule has 2 nitrogen and oxygen atoms in total. The number of carbonyl (C=O) groups excluding carboxylic acids is 1. The van der Waals surface area contributed by atoms with E-state index in [9.17, 15) is 4.79 Å². The Morgan fingerprint density at radius 2 is 1.16 bits per heavy atom. The fraction of sp³-hybridized carbons (Fsp3) is 0.978. The van der Waals surface area contributed by atoms with Gasteiger partial charge in [-0.3, -0.25) is 4.79 Å². The quantitative estimate of drug-likeness (QED) is 0.0521. The SMILES string of the molecule is CCCCCCCCCCCCCCCCCCC(=O)O[C@H]1CC[C@]2(C)[C@@H]3CC[C@]4(C)[C@H](CCCCCCCC)CC[C@@H]4[C@@H]3C[C@@H](Br)[C@]2(Br)C1. The van der Waals surface area contributed by atoms with E-state index in [0.717, 1.165) is 42.9 Å². The molecule has 0 radical (unpaired) electrons. The molecule has 4 saturated carbocycles. The van der Waals surface area contributed by atoms with Crippen LogP contribution in [-0.4, -0.2) is 21.2 Å². The van der Waals surface area contributed by atoms with Gasteiger partial charge in [0.25, 0.3) is 0 Å². The summed E-state index contributed by atoms with van der Waals surface area (Å²) in [6.07, 6.45) is 42.7. The smallest absolute Gasteiger partial charge is 0.306 e. The largest absolute Gasteiger partial charge is 0.462 e. The van der Waals surface area contributed by atoms with E-state index in [1.165, 1.54) is 180 Å². The van der Waals surface area contributed by atoms with E-state index in [1.54, 1.807) is 0 Å². The van der Waals surface area contributed by atoms with Crippen molar-refractivity contribution in [1.82, 2.24) is 0 Å². The van der Waals surface area contributed by atoms with E-state index in [1.807, 2.05) is 0 Å². The molecule has 0 saturated heterocycles. The van der Waals surface area contributed by atoms with Crippen LogP contribution in [0, 0.1) is 34.5 Å². The van der Waals surface area contributed by atoms with Gasteiger partial charge in [-0.05, 0) is 92.3 Å². The number of esters is 1. The summed E-state index contributed by atoms with van der Waals surface area (Å²) in [6.45, 7) is 9.95. The molecule has 0 unspecified atom stereocenters. The highest BCUT2D eigenvalue weighted by molar-refractivity contribution is 9.12. The molecule has 292 valence electrons. The Balaban J connectivity index is 1.11. The molecule has 0 amide bonds. The topological polar surface area (TPSA) is 26.3 Å². The lowest BCUT2D eigenvalue weighted by Crippen LogP contribution is -2.64. The molecule has 0 N–H and O–H groups in total. The number of ether oxygens (including phenoxy) is 1. The summed E-state index contributed by atoms with van der Waals surface area (Å²) in [5.74, 6) is 3.54. The van der Waals surface area contributed by atoms with Crippen LogP contribution in [0.1, 0.15) is 233 Å². The first kappa shape index (κ1) is 43.2. The Morgan fingerprint density at radius 3 is 1.72 bits per heavy atom. The van der Waals surface area contributed by atoms with Gasteiger partial charge in [0.15, 0.2) is 0 Å². The van der Waals surface area contributed by atoms with E-state index < -0.39 is 0 Å². The molecule has 0 spiro atoms. The van der Waals surface area contributed by atoms with Gasteiger partial charge in [0.05, 0.1) is 0 Å². The summed E-state index contributed by atoms with van der Waals surface area (Å²) in [5.41, 5.74) is 0.818. The van der Waals surface area contributed by atoms with Crippen LogP contribution >= 0.6 is 31.9 Å². The fourth-order valence-electron chi connectivity index (χ4n) is 12.1. The Hall–Kier alpha value is 0.430. The van der Waals surface area contributed by atoms with E-state index in [4.69, 9.17) is 4.74 Å². The van der Waals surface area contributed by atoms with Gasteiger partial charge in [0.1, 0.15) is 6.10 Å². The molecule has 0 heterocycles. The van der Waals surface area contributed by atoms with Crippen LogP contribution < -0.4 is 0 Å². The Morgan fingerprint density at radius 1 is 0.640 bits per heavy atom. The zero-order chi connectivity index (χ0) is 35.9. The summed E-state index contributed by atoms with van der Waals surface area (Å²) in [6, 6.07) is 0. The lowest BCUT2D eigenvalue weighted by molar-refractivity contribution is -0.157. The van der Waals surface area contributed by atoms with Crippen molar-refractivity contribution >= 4 is 37.8 Å². The molecule has 0 aliphatic heterocycles. The number of fused-ring (bicyclic) bond motifs is 5. The summed E-state index contributed by atoms with van der Waals surface area (Å²) >= 11 is 8.73. The van der Waals surface area contributed by atoms with Gasteiger partial charge in [-0.2, -0.15) is 0 Å². The van der Waals surface area contributed by atoms with Crippen molar-refractivity contribution in [1.29, 1.82) is 0 Å². The Labute approximate surface area is 328 Å². The predicted molar refractivity (Wildman–Crippen MR) is 224 cm³/mol. The maximum absolute atomic E-state index is 13.0. The minimum absolute atomic E-state index is 0.0167. The highest BCUT2D eigenvalue weighted by atomic mass is 79.9. The Kier molecular flexibility index (Phi) is 19.1. The van der Waals surface area contributed by atoms with E-state index >= 15 is 0 Å². The average molecular weight is 827 g/mol.